The number of thioether (sulfide) groups is 1. The van der Waals surface area contributed by atoms with Gasteiger partial charge in [-0.2, -0.15) is 0 Å². The summed E-state index contributed by atoms with van der Waals surface area (Å²) in [5.74, 6) is 0.346. The zero-order valence-electron chi connectivity index (χ0n) is 10.1. The van der Waals surface area contributed by atoms with Crippen LogP contribution in [0.4, 0.5) is 0 Å². The van der Waals surface area contributed by atoms with Crippen LogP contribution in [-0.2, 0) is 14.3 Å². The van der Waals surface area contributed by atoms with Crippen molar-refractivity contribution >= 4 is 23.6 Å². The minimum absolute atomic E-state index is 0.0268. The van der Waals surface area contributed by atoms with E-state index in [2.05, 4.69) is 10.1 Å². The second-order valence-corrected chi connectivity index (χ2v) is 5.22. The first kappa shape index (κ1) is 14.3. The van der Waals surface area contributed by atoms with E-state index in [1.165, 1.54) is 31.7 Å². The number of carbonyl (C=O) groups is 2. The molecule has 0 bridgehead atoms. The molecule has 0 aromatic carbocycles. The van der Waals surface area contributed by atoms with Crippen molar-refractivity contribution < 1.29 is 14.3 Å². The second-order valence-electron chi connectivity index (χ2n) is 4.19. The average Bonchev–Trinajstić information content (AvgIpc) is 2.80. The highest BCUT2D eigenvalue weighted by atomic mass is 32.2. The molecule has 0 saturated heterocycles. The molecule has 1 saturated carbocycles. The van der Waals surface area contributed by atoms with E-state index in [0.717, 1.165) is 12.8 Å². The van der Waals surface area contributed by atoms with Crippen molar-refractivity contribution in [3.05, 3.63) is 0 Å². The Morgan fingerprint density at radius 2 is 2.12 bits per heavy atom. The van der Waals surface area contributed by atoms with Gasteiger partial charge < -0.3 is 15.8 Å². The van der Waals surface area contributed by atoms with Crippen LogP contribution in [0.1, 0.15) is 25.7 Å². The smallest absolute Gasteiger partial charge is 0.323 e. The maximum Gasteiger partial charge on any atom is 0.323 e. The number of ether oxygens (including phenoxy) is 1. The lowest BCUT2D eigenvalue weighted by atomic mass is 10.2. The monoisotopic (exact) mass is 260 g/mol. The fourth-order valence-corrected chi connectivity index (χ4v) is 2.61. The van der Waals surface area contributed by atoms with Crippen LogP contribution in [0, 0.1) is 0 Å². The molecule has 0 aliphatic heterocycles. The van der Waals surface area contributed by atoms with Crippen molar-refractivity contribution in [2.75, 3.05) is 18.6 Å². The van der Waals surface area contributed by atoms with Gasteiger partial charge in [0.15, 0.2) is 0 Å². The highest BCUT2D eigenvalue weighted by molar-refractivity contribution is 8.00. The number of nitrogens with one attached hydrogen (secondary N) is 1. The van der Waals surface area contributed by atoms with Crippen molar-refractivity contribution in [2.24, 2.45) is 5.73 Å². The Balaban J connectivity index is 2.09. The van der Waals surface area contributed by atoms with Gasteiger partial charge in [-0.05, 0) is 12.8 Å². The van der Waals surface area contributed by atoms with Crippen LogP contribution in [0.5, 0.6) is 0 Å². The molecule has 1 fully saturated rings. The highest BCUT2D eigenvalue weighted by Gasteiger charge is 2.18. The Morgan fingerprint density at radius 1 is 1.47 bits per heavy atom. The van der Waals surface area contributed by atoms with Gasteiger partial charge in [0.25, 0.3) is 0 Å². The zero-order chi connectivity index (χ0) is 12.7. The van der Waals surface area contributed by atoms with Crippen LogP contribution >= 0.6 is 11.8 Å². The van der Waals surface area contributed by atoms with Crippen LogP contribution in [-0.4, -0.2) is 42.6 Å². The standard InChI is InChI=1S/C11H20N2O3S/c1-16-11(15)9(12)6-17-7-10(14)13-8-4-2-3-5-8/h8-9H,2-7,12H2,1H3,(H,13,14). The van der Waals surface area contributed by atoms with E-state index in [-0.39, 0.29) is 5.91 Å². The lowest BCUT2D eigenvalue weighted by molar-refractivity contribution is -0.141. The molecule has 1 atom stereocenters. The van der Waals surface area contributed by atoms with Gasteiger partial charge in [-0.25, -0.2) is 0 Å². The Morgan fingerprint density at radius 3 is 2.71 bits per heavy atom. The fourth-order valence-electron chi connectivity index (χ4n) is 1.84. The summed E-state index contributed by atoms with van der Waals surface area (Å²) in [4.78, 5) is 22.5. The molecular formula is C11H20N2O3S. The predicted molar refractivity (Wildman–Crippen MR) is 67.7 cm³/mol. The third-order valence-electron chi connectivity index (χ3n) is 2.75. The van der Waals surface area contributed by atoms with Gasteiger partial charge in [0.2, 0.25) is 5.91 Å². The summed E-state index contributed by atoms with van der Waals surface area (Å²) in [6, 6.07) is -0.304. The predicted octanol–water partition coefficient (Wildman–Crippen LogP) is 0.279. The summed E-state index contributed by atoms with van der Waals surface area (Å²) in [6.07, 6.45) is 4.56. The number of hydrogen-bond acceptors (Lipinski definition) is 5. The van der Waals surface area contributed by atoms with E-state index in [1.54, 1.807) is 0 Å². The summed E-state index contributed by atoms with van der Waals surface area (Å²) < 4.78 is 4.50. The van der Waals surface area contributed by atoms with Crippen molar-refractivity contribution in [2.45, 2.75) is 37.8 Å². The zero-order valence-corrected chi connectivity index (χ0v) is 10.9. The summed E-state index contributed by atoms with van der Waals surface area (Å²) in [5.41, 5.74) is 5.55. The minimum atomic E-state index is -0.649. The SMILES string of the molecule is COC(=O)C(N)CSCC(=O)NC1CCCC1. The Labute approximate surface area is 106 Å². The molecule has 5 nitrogen and oxygen atoms in total. The maximum atomic E-state index is 11.5. The van der Waals surface area contributed by atoms with Crippen LogP contribution in [0.15, 0.2) is 0 Å². The van der Waals surface area contributed by atoms with E-state index in [4.69, 9.17) is 5.73 Å². The molecule has 1 unspecified atom stereocenters. The molecule has 1 rings (SSSR count). The van der Waals surface area contributed by atoms with Crippen LogP contribution in [0.2, 0.25) is 0 Å². The van der Waals surface area contributed by atoms with Crippen LogP contribution < -0.4 is 11.1 Å². The molecule has 17 heavy (non-hydrogen) atoms. The second kappa shape index (κ2) is 7.55. The first-order valence-electron chi connectivity index (χ1n) is 5.84. The van der Waals surface area contributed by atoms with Crippen molar-refractivity contribution in [3.63, 3.8) is 0 Å². The number of carbonyl (C=O) groups excluding carboxylic acids is 2. The average molecular weight is 260 g/mol. The van der Waals surface area contributed by atoms with Gasteiger partial charge in [0.05, 0.1) is 12.9 Å². The molecule has 1 amide bonds. The summed E-state index contributed by atoms with van der Waals surface area (Å²) >= 11 is 1.36. The molecular weight excluding hydrogens is 240 g/mol. The maximum absolute atomic E-state index is 11.5. The molecule has 1 aliphatic rings. The number of amides is 1. The first-order valence-corrected chi connectivity index (χ1v) is 6.99. The molecule has 1 aliphatic carbocycles. The van der Waals surface area contributed by atoms with Gasteiger partial charge in [0.1, 0.15) is 6.04 Å². The molecule has 6 heteroatoms. The largest absolute Gasteiger partial charge is 0.468 e. The molecule has 0 spiro atoms. The van der Waals surface area contributed by atoms with Gasteiger partial charge in [-0.3, -0.25) is 9.59 Å². The normalized spacial score (nSPS) is 17.8. The van der Waals surface area contributed by atoms with E-state index < -0.39 is 12.0 Å². The highest BCUT2D eigenvalue weighted by Crippen LogP contribution is 2.17. The fraction of sp³-hybridized carbons (Fsp3) is 0.818. The van der Waals surface area contributed by atoms with Gasteiger partial charge in [-0.15, -0.1) is 11.8 Å². The molecule has 3 N–H and O–H groups in total. The molecule has 0 radical (unpaired) electrons. The van der Waals surface area contributed by atoms with E-state index >= 15 is 0 Å². The lowest BCUT2D eigenvalue weighted by Gasteiger charge is -2.12. The van der Waals surface area contributed by atoms with Crippen LogP contribution in [0.3, 0.4) is 0 Å². The van der Waals surface area contributed by atoms with Gasteiger partial charge >= 0.3 is 5.97 Å². The molecule has 0 aromatic heterocycles. The third kappa shape index (κ3) is 5.41. The number of nitrogens with two attached hydrogens (primary N) is 1. The topological polar surface area (TPSA) is 81.4 Å². The van der Waals surface area contributed by atoms with Gasteiger partial charge in [0, 0.05) is 11.8 Å². The molecule has 0 aromatic rings. The molecule has 0 heterocycles. The first-order chi connectivity index (χ1) is 8.13. The Kier molecular flexibility index (Phi) is 6.36. The summed E-state index contributed by atoms with van der Waals surface area (Å²) in [6.45, 7) is 0. The lowest BCUT2D eigenvalue weighted by Crippen LogP contribution is -2.36. The van der Waals surface area contributed by atoms with Gasteiger partial charge in [-0.1, -0.05) is 12.8 Å². The number of rotatable bonds is 6. The van der Waals surface area contributed by atoms with Crippen molar-refractivity contribution in [1.29, 1.82) is 0 Å². The number of esters is 1. The number of hydrogen-bond donors (Lipinski definition) is 2. The van der Waals surface area contributed by atoms with E-state index in [0.29, 0.717) is 17.5 Å². The van der Waals surface area contributed by atoms with Crippen molar-refractivity contribution in [3.8, 4) is 0 Å². The Hall–Kier alpha value is -0.750. The minimum Gasteiger partial charge on any atom is -0.468 e. The molecule has 98 valence electrons. The Bertz CT molecular complexity index is 267. The summed E-state index contributed by atoms with van der Waals surface area (Å²) in [7, 11) is 1.31. The van der Waals surface area contributed by atoms with E-state index in [1.807, 2.05) is 0 Å². The third-order valence-corrected chi connectivity index (χ3v) is 3.82. The summed E-state index contributed by atoms with van der Waals surface area (Å²) in [5, 5.41) is 2.98. The quantitative estimate of drug-likeness (QED) is 0.670. The van der Waals surface area contributed by atoms with Crippen molar-refractivity contribution in [1.82, 2.24) is 5.32 Å². The number of methoxy groups -OCH3 is 1. The van der Waals surface area contributed by atoms with E-state index in [9.17, 15) is 9.59 Å². The van der Waals surface area contributed by atoms with Crippen LogP contribution in [0.25, 0.3) is 0 Å².